The van der Waals surface area contributed by atoms with Crippen LogP contribution in [0.4, 0.5) is 26.1 Å². The summed E-state index contributed by atoms with van der Waals surface area (Å²) in [7, 11) is 1.66. The molecule has 186 valence electrons. The van der Waals surface area contributed by atoms with Crippen molar-refractivity contribution in [3.63, 3.8) is 0 Å². The molecular weight excluding hydrogens is 464 g/mol. The molecule has 2 aromatic heterocycles. The lowest BCUT2D eigenvalue weighted by Gasteiger charge is -2.35. The molecule has 3 heterocycles. The van der Waals surface area contributed by atoms with Gasteiger partial charge in [-0.05, 0) is 48.0 Å². The Kier molecular flexibility index (Phi) is 6.77. The molecule has 0 unspecified atom stereocenters. The molecule has 0 saturated carbocycles. The number of hydrogen-bond donors (Lipinski definition) is 2. The van der Waals surface area contributed by atoms with E-state index < -0.39 is 11.6 Å². The summed E-state index contributed by atoms with van der Waals surface area (Å²) in [6.07, 6.45) is 3.55. The van der Waals surface area contributed by atoms with Crippen LogP contribution in [0, 0.1) is 11.6 Å². The topological polar surface area (TPSA) is 78.3 Å². The van der Waals surface area contributed by atoms with Crippen LogP contribution in [0.3, 0.4) is 0 Å². The first-order valence-corrected chi connectivity index (χ1v) is 11.8. The zero-order chi connectivity index (χ0) is 25.1. The molecule has 8 nitrogen and oxygen atoms in total. The number of carbonyl (C=O) groups excluding carboxylic acids is 1. The Hall–Kier alpha value is -4.05. The molecular formula is C26H27F2N7O. The summed E-state index contributed by atoms with van der Waals surface area (Å²) in [5, 5.41) is 6.74. The van der Waals surface area contributed by atoms with Gasteiger partial charge >= 0.3 is 0 Å². The normalized spacial score (nSPS) is 14.2. The van der Waals surface area contributed by atoms with E-state index in [2.05, 4.69) is 42.5 Å². The Morgan fingerprint density at radius 3 is 2.42 bits per heavy atom. The third-order valence-corrected chi connectivity index (χ3v) is 6.28. The van der Waals surface area contributed by atoms with E-state index in [9.17, 15) is 13.6 Å². The number of anilines is 3. The van der Waals surface area contributed by atoms with Gasteiger partial charge in [0.25, 0.3) is 0 Å². The molecule has 2 aromatic carbocycles. The molecule has 2 N–H and O–H groups in total. The second kappa shape index (κ2) is 10.3. The van der Waals surface area contributed by atoms with Gasteiger partial charge in [-0.1, -0.05) is 0 Å². The molecule has 1 aliphatic heterocycles. The number of carbonyl (C=O) groups is 1. The number of fused-ring (bicyclic) bond motifs is 1. The molecule has 1 amide bonds. The minimum atomic E-state index is -0.604. The lowest BCUT2D eigenvalue weighted by Crippen LogP contribution is -2.49. The molecule has 1 aliphatic rings. The van der Waals surface area contributed by atoms with E-state index in [1.165, 1.54) is 12.1 Å². The number of amides is 1. The van der Waals surface area contributed by atoms with Gasteiger partial charge < -0.3 is 20.1 Å². The number of benzene rings is 2. The van der Waals surface area contributed by atoms with Crippen molar-refractivity contribution in [1.82, 2.24) is 24.8 Å². The third-order valence-electron chi connectivity index (χ3n) is 6.28. The maximum atomic E-state index is 13.6. The minimum absolute atomic E-state index is 0.0365. The second-order valence-electron chi connectivity index (χ2n) is 8.80. The van der Waals surface area contributed by atoms with Gasteiger partial charge in [0.05, 0.1) is 6.54 Å². The van der Waals surface area contributed by atoms with Gasteiger partial charge in [-0.25, -0.2) is 13.8 Å². The van der Waals surface area contributed by atoms with Crippen LogP contribution in [0.5, 0.6) is 0 Å². The zero-order valence-corrected chi connectivity index (χ0v) is 19.9. The summed E-state index contributed by atoms with van der Waals surface area (Å²) in [4.78, 5) is 25.1. The molecule has 10 heteroatoms. The predicted octanol–water partition coefficient (Wildman–Crippen LogP) is 3.37. The van der Waals surface area contributed by atoms with E-state index in [0.717, 1.165) is 49.0 Å². The lowest BCUT2D eigenvalue weighted by molar-refractivity contribution is -0.121. The van der Waals surface area contributed by atoms with E-state index in [1.54, 1.807) is 13.2 Å². The Balaban J connectivity index is 1.24. The van der Waals surface area contributed by atoms with Gasteiger partial charge in [-0.15, -0.1) is 0 Å². The molecule has 0 spiro atoms. The number of rotatable bonds is 7. The number of likely N-dealkylation sites (N-methyl/N-ethyl adjacent to an activating group) is 1. The maximum Gasteiger partial charge on any atom is 0.233 e. The highest BCUT2D eigenvalue weighted by atomic mass is 19.1. The molecule has 0 radical (unpaired) electrons. The van der Waals surface area contributed by atoms with Gasteiger partial charge in [-0.3, -0.25) is 9.69 Å². The van der Waals surface area contributed by atoms with Crippen LogP contribution in [0.25, 0.3) is 11.0 Å². The van der Waals surface area contributed by atoms with Crippen molar-refractivity contribution in [3.05, 3.63) is 78.1 Å². The van der Waals surface area contributed by atoms with E-state index in [0.29, 0.717) is 30.2 Å². The monoisotopic (exact) mass is 491 g/mol. The van der Waals surface area contributed by atoms with Gasteiger partial charge in [0, 0.05) is 75.0 Å². The number of hydrogen-bond acceptors (Lipinski definition) is 6. The van der Waals surface area contributed by atoms with Crippen molar-refractivity contribution >= 4 is 34.3 Å². The molecule has 4 aromatic rings. The van der Waals surface area contributed by atoms with Crippen molar-refractivity contribution < 1.29 is 13.6 Å². The number of halogens is 2. The van der Waals surface area contributed by atoms with Crippen LogP contribution in [0.15, 0.2) is 60.9 Å². The molecule has 1 fully saturated rings. The number of piperazine rings is 1. The first-order valence-electron chi connectivity index (χ1n) is 11.8. The first-order chi connectivity index (χ1) is 17.5. The molecule has 5 rings (SSSR count). The Labute approximate surface area is 207 Å². The Morgan fingerprint density at radius 1 is 1.00 bits per heavy atom. The number of aromatic nitrogens is 3. The summed E-state index contributed by atoms with van der Waals surface area (Å²) in [6.45, 7) is 4.11. The average Bonchev–Trinajstić information content (AvgIpc) is 3.26. The van der Waals surface area contributed by atoms with Crippen LogP contribution in [0.1, 0.15) is 5.56 Å². The largest absolute Gasteiger partial charge is 0.369 e. The lowest BCUT2D eigenvalue weighted by atomic mass is 10.2. The van der Waals surface area contributed by atoms with Crippen LogP contribution < -0.4 is 15.5 Å². The highest BCUT2D eigenvalue weighted by Gasteiger charge is 2.19. The molecule has 0 atom stereocenters. The van der Waals surface area contributed by atoms with Crippen molar-refractivity contribution in [2.75, 3.05) is 50.0 Å². The zero-order valence-electron chi connectivity index (χ0n) is 19.9. The summed E-state index contributed by atoms with van der Waals surface area (Å²) >= 11 is 0. The van der Waals surface area contributed by atoms with E-state index in [4.69, 9.17) is 0 Å². The third kappa shape index (κ3) is 5.44. The summed E-state index contributed by atoms with van der Waals surface area (Å²) < 4.78 is 29.0. The summed E-state index contributed by atoms with van der Waals surface area (Å²) in [5.74, 6) is -0.738. The van der Waals surface area contributed by atoms with Gasteiger partial charge in [-0.2, -0.15) is 4.98 Å². The van der Waals surface area contributed by atoms with Crippen LogP contribution in [0.2, 0.25) is 0 Å². The quantitative estimate of drug-likeness (QED) is 0.413. The smallest absolute Gasteiger partial charge is 0.233 e. The van der Waals surface area contributed by atoms with Gasteiger partial charge in [0.1, 0.15) is 17.3 Å². The van der Waals surface area contributed by atoms with Crippen LogP contribution in [-0.4, -0.2) is 65.1 Å². The summed E-state index contributed by atoms with van der Waals surface area (Å²) in [6, 6.07) is 13.4. The second-order valence-corrected chi connectivity index (χ2v) is 8.80. The summed E-state index contributed by atoms with van der Waals surface area (Å²) in [5.41, 5.74) is 3.15. The highest BCUT2D eigenvalue weighted by Crippen LogP contribution is 2.23. The fourth-order valence-electron chi connectivity index (χ4n) is 4.39. The van der Waals surface area contributed by atoms with Crippen molar-refractivity contribution in [3.8, 4) is 0 Å². The van der Waals surface area contributed by atoms with Crippen molar-refractivity contribution in [1.29, 1.82) is 0 Å². The van der Waals surface area contributed by atoms with E-state index in [1.807, 2.05) is 29.0 Å². The fraction of sp³-hybridized carbons (Fsp3) is 0.269. The maximum absolute atomic E-state index is 13.6. The van der Waals surface area contributed by atoms with Crippen molar-refractivity contribution in [2.45, 2.75) is 6.54 Å². The molecule has 0 aliphatic carbocycles. The highest BCUT2D eigenvalue weighted by molar-refractivity contribution is 5.78. The van der Waals surface area contributed by atoms with Crippen molar-refractivity contribution in [2.24, 2.45) is 0 Å². The molecule has 0 bridgehead atoms. The van der Waals surface area contributed by atoms with Gasteiger partial charge in [0.15, 0.2) is 0 Å². The Bertz CT molecular complexity index is 1340. The average molecular weight is 492 g/mol. The first kappa shape index (κ1) is 23.7. The van der Waals surface area contributed by atoms with Crippen LogP contribution in [-0.2, 0) is 11.3 Å². The number of nitrogens with zero attached hydrogens (tertiary/aromatic N) is 5. The van der Waals surface area contributed by atoms with Gasteiger partial charge in [0.2, 0.25) is 11.9 Å². The Morgan fingerprint density at radius 2 is 1.72 bits per heavy atom. The van der Waals surface area contributed by atoms with E-state index >= 15 is 0 Å². The van der Waals surface area contributed by atoms with Crippen LogP contribution >= 0.6 is 0 Å². The molecule has 36 heavy (non-hydrogen) atoms. The standard InChI is InChI=1S/C26H27F2N7O/c1-29-24(36)17-33-8-10-34(11-9-33)23-4-2-22(3-5-23)31-26-30-15-19-6-7-35(25(19)32-26)16-18-12-20(27)14-21(28)13-18/h2-7,12-15H,8-11,16-17H2,1H3,(H,29,36)(H,30,31,32). The minimum Gasteiger partial charge on any atom is -0.369 e. The SMILES string of the molecule is CNC(=O)CN1CCN(c2ccc(Nc3ncc4ccn(Cc5cc(F)cc(F)c5)c4n3)cc2)CC1. The number of nitrogens with one attached hydrogen (secondary N) is 2. The predicted molar refractivity (Wildman–Crippen MR) is 135 cm³/mol. The molecule has 1 saturated heterocycles. The fourth-order valence-corrected chi connectivity index (χ4v) is 4.39. The van der Waals surface area contributed by atoms with E-state index in [-0.39, 0.29) is 5.91 Å².